The van der Waals surface area contributed by atoms with Gasteiger partial charge < -0.3 is 10.1 Å². The second-order valence-corrected chi connectivity index (χ2v) is 6.80. The highest BCUT2D eigenvalue weighted by Crippen LogP contribution is 2.22. The predicted octanol–water partition coefficient (Wildman–Crippen LogP) is 4.57. The first-order valence-corrected chi connectivity index (χ1v) is 10.0. The van der Waals surface area contributed by atoms with E-state index in [1.54, 1.807) is 12.3 Å². The molecule has 7 heteroatoms. The van der Waals surface area contributed by atoms with Crippen LogP contribution in [0, 0.1) is 0 Å². The molecule has 0 fully saturated rings. The number of carbonyl (C=O) groups excluding carboxylic acids is 2. The number of benzene rings is 2. The number of nitrogens with one attached hydrogen (secondary N) is 2. The fourth-order valence-electron chi connectivity index (χ4n) is 2.65. The van der Waals surface area contributed by atoms with Crippen molar-refractivity contribution in [2.24, 2.45) is 0 Å². The second kappa shape index (κ2) is 10.2. The van der Waals surface area contributed by atoms with Gasteiger partial charge in [-0.25, -0.2) is 14.6 Å². The molecule has 3 rings (SSSR count). The summed E-state index contributed by atoms with van der Waals surface area (Å²) in [6.07, 6.45) is 1.97. The van der Waals surface area contributed by atoms with Crippen LogP contribution in [-0.4, -0.2) is 30.1 Å². The highest BCUT2D eigenvalue weighted by atomic mass is 32.1. The first-order chi connectivity index (χ1) is 14.2. The molecule has 148 valence electrons. The molecule has 0 radical (unpaired) electrons. The number of rotatable bonds is 7. The van der Waals surface area contributed by atoms with E-state index in [9.17, 15) is 9.59 Å². The molecule has 0 saturated heterocycles. The zero-order valence-corrected chi connectivity index (χ0v) is 16.7. The van der Waals surface area contributed by atoms with Crippen molar-refractivity contribution in [2.45, 2.75) is 6.92 Å². The van der Waals surface area contributed by atoms with E-state index in [-0.39, 0.29) is 12.3 Å². The lowest BCUT2D eigenvalue weighted by Gasteiger charge is -2.09. The van der Waals surface area contributed by atoms with Crippen molar-refractivity contribution < 1.29 is 14.3 Å². The molecule has 6 nitrogen and oxygen atoms in total. The Morgan fingerprint density at radius 1 is 1.03 bits per heavy atom. The first-order valence-electron chi connectivity index (χ1n) is 9.16. The van der Waals surface area contributed by atoms with Crippen LogP contribution >= 0.6 is 11.3 Å². The summed E-state index contributed by atoms with van der Waals surface area (Å²) in [6.45, 7) is 2.34. The van der Waals surface area contributed by atoms with Crippen molar-refractivity contribution in [2.75, 3.05) is 18.5 Å². The Morgan fingerprint density at radius 2 is 1.66 bits per heavy atom. The van der Waals surface area contributed by atoms with Crippen molar-refractivity contribution in [1.82, 2.24) is 10.3 Å². The Balaban J connectivity index is 1.63. The molecular weight excluding hydrogens is 386 g/mol. The molecule has 2 aromatic carbocycles. The van der Waals surface area contributed by atoms with Crippen molar-refractivity contribution in [3.8, 4) is 0 Å². The number of thiazole rings is 1. The maximum atomic E-state index is 12.2. The monoisotopic (exact) mass is 407 g/mol. The Bertz CT molecular complexity index is 943. The molecule has 0 atom stereocenters. The number of urea groups is 1. The minimum atomic E-state index is -0.504. The third kappa shape index (κ3) is 5.76. The van der Waals surface area contributed by atoms with Gasteiger partial charge in [-0.1, -0.05) is 66.7 Å². The Kier molecular flexibility index (Phi) is 7.13. The Morgan fingerprint density at radius 3 is 2.24 bits per heavy atom. The first kappa shape index (κ1) is 20.3. The van der Waals surface area contributed by atoms with E-state index in [1.165, 1.54) is 11.3 Å². The van der Waals surface area contributed by atoms with Crippen LogP contribution in [0.15, 0.2) is 72.1 Å². The van der Waals surface area contributed by atoms with Crippen molar-refractivity contribution in [3.63, 3.8) is 0 Å². The number of carbonyl (C=O) groups is 2. The number of hydrogen-bond acceptors (Lipinski definition) is 5. The molecule has 0 aliphatic heterocycles. The highest BCUT2D eigenvalue weighted by molar-refractivity contribution is 7.14. The lowest BCUT2D eigenvalue weighted by atomic mass is 9.98. The number of amides is 2. The van der Waals surface area contributed by atoms with Crippen LogP contribution in [0.3, 0.4) is 0 Å². The summed E-state index contributed by atoms with van der Waals surface area (Å²) in [5, 5.41) is 7.31. The van der Waals surface area contributed by atoms with Gasteiger partial charge in [0.15, 0.2) is 10.8 Å². The molecule has 0 aliphatic carbocycles. The highest BCUT2D eigenvalue weighted by Gasteiger charge is 2.13. The number of esters is 1. The zero-order chi connectivity index (χ0) is 20.5. The van der Waals surface area contributed by atoms with Gasteiger partial charge in [0.1, 0.15) is 0 Å². The predicted molar refractivity (Wildman–Crippen MR) is 115 cm³/mol. The standard InChI is InChI=1S/C22H21N3O3S/c1-2-28-20(26)19-15-29-22(24-19)25-21(27)23-14-13-18(16-9-5-3-6-10-16)17-11-7-4-8-12-17/h3-13,15H,2,14H2,1H3,(H2,23,24,25,27). The number of aromatic nitrogens is 1. The topological polar surface area (TPSA) is 80.3 Å². The van der Waals surface area contributed by atoms with Gasteiger partial charge >= 0.3 is 12.0 Å². The third-order valence-corrected chi connectivity index (χ3v) is 4.71. The summed E-state index contributed by atoms with van der Waals surface area (Å²) in [6, 6.07) is 19.6. The molecule has 2 amide bonds. The number of nitrogens with zero attached hydrogens (tertiary/aromatic N) is 1. The molecule has 0 saturated carbocycles. The van der Waals surface area contributed by atoms with Gasteiger partial charge in [-0.3, -0.25) is 5.32 Å². The molecule has 0 aliphatic rings. The van der Waals surface area contributed by atoms with Crippen LogP contribution < -0.4 is 10.6 Å². The van der Waals surface area contributed by atoms with E-state index < -0.39 is 12.0 Å². The van der Waals surface area contributed by atoms with E-state index in [4.69, 9.17) is 4.74 Å². The quantitative estimate of drug-likeness (QED) is 0.562. The lowest BCUT2D eigenvalue weighted by molar-refractivity contribution is 0.0520. The number of anilines is 1. The van der Waals surface area contributed by atoms with Crippen LogP contribution in [0.2, 0.25) is 0 Å². The van der Waals surface area contributed by atoms with Gasteiger partial charge in [-0.2, -0.15) is 0 Å². The average molecular weight is 407 g/mol. The molecule has 3 aromatic rings. The largest absolute Gasteiger partial charge is 0.461 e. The van der Waals surface area contributed by atoms with E-state index in [0.29, 0.717) is 11.7 Å². The van der Waals surface area contributed by atoms with E-state index >= 15 is 0 Å². The molecule has 0 bridgehead atoms. The lowest BCUT2D eigenvalue weighted by Crippen LogP contribution is -2.28. The zero-order valence-electron chi connectivity index (χ0n) is 15.9. The molecule has 1 heterocycles. The summed E-state index contributed by atoms with van der Waals surface area (Å²) >= 11 is 1.17. The summed E-state index contributed by atoms with van der Waals surface area (Å²) in [5.74, 6) is -0.504. The Hall–Kier alpha value is -3.45. The van der Waals surface area contributed by atoms with Gasteiger partial charge in [-0.05, 0) is 23.6 Å². The summed E-state index contributed by atoms with van der Waals surface area (Å²) in [7, 11) is 0. The number of ether oxygens (including phenoxy) is 1. The van der Waals surface area contributed by atoms with Crippen LogP contribution in [0.4, 0.5) is 9.93 Å². The second-order valence-electron chi connectivity index (χ2n) is 5.94. The van der Waals surface area contributed by atoms with Crippen molar-refractivity contribution in [1.29, 1.82) is 0 Å². The van der Waals surface area contributed by atoms with Crippen LogP contribution in [0.1, 0.15) is 28.5 Å². The van der Waals surface area contributed by atoms with Gasteiger partial charge in [0.2, 0.25) is 0 Å². The van der Waals surface area contributed by atoms with Gasteiger partial charge in [0, 0.05) is 11.9 Å². The molecular formula is C22H21N3O3S. The van der Waals surface area contributed by atoms with Gasteiger partial charge in [-0.15, -0.1) is 11.3 Å². The fraction of sp³-hybridized carbons (Fsp3) is 0.136. The minimum Gasteiger partial charge on any atom is -0.461 e. The SMILES string of the molecule is CCOC(=O)c1csc(NC(=O)NCC=C(c2ccccc2)c2ccccc2)n1. The molecule has 0 spiro atoms. The van der Waals surface area contributed by atoms with Crippen LogP contribution in [-0.2, 0) is 4.74 Å². The third-order valence-electron chi connectivity index (χ3n) is 3.95. The maximum Gasteiger partial charge on any atom is 0.357 e. The van der Waals surface area contributed by atoms with E-state index in [2.05, 4.69) is 15.6 Å². The summed E-state index contributed by atoms with van der Waals surface area (Å²) in [4.78, 5) is 27.9. The smallest absolute Gasteiger partial charge is 0.357 e. The van der Waals surface area contributed by atoms with Crippen LogP contribution in [0.5, 0.6) is 0 Å². The van der Waals surface area contributed by atoms with E-state index in [1.807, 2.05) is 66.7 Å². The minimum absolute atomic E-state index is 0.183. The summed E-state index contributed by atoms with van der Waals surface area (Å²) < 4.78 is 4.89. The van der Waals surface area contributed by atoms with E-state index in [0.717, 1.165) is 16.7 Å². The van der Waals surface area contributed by atoms with Gasteiger partial charge in [0.25, 0.3) is 0 Å². The van der Waals surface area contributed by atoms with Gasteiger partial charge in [0.05, 0.1) is 6.61 Å². The average Bonchev–Trinajstić information content (AvgIpc) is 3.21. The maximum absolute atomic E-state index is 12.2. The fourth-order valence-corrected chi connectivity index (χ4v) is 3.33. The normalized spacial score (nSPS) is 10.1. The Labute approximate surface area is 173 Å². The molecule has 1 aromatic heterocycles. The van der Waals surface area contributed by atoms with Crippen molar-refractivity contribution in [3.05, 3.63) is 88.9 Å². The number of hydrogen-bond donors (Lipinski definition) is 2. The molecule has 29 heavy (non-hydrogen) atoms. The summed E-state index contributed by atoms with van der Waals surface area (Å²) in [5.41, 5.74) is 3.35. The molecule has 2 N–H and O–H groups in total. The van der Waals surface area contributed by atoms with Crippen LogP contribution in [0.25, 0.3) is 5.57 Å². The van der Waals surface area contributed by atoms with Crippen molar-refractivity contribution >= 4 is 34.0 Å². The molecule has 0 unspecified atom stereocenters.